The van der Waals surface area contributed by atoms with E-state index in [1.165, 1.54) is 0 Å². The predicted octanol–water partition coefficient (Wildman–Crippen LogP) is 1.31. The molecular weight excluding hydrogens is 304 g/mol. The lowest BCUT2D eigenvalue weighted by Gasteiger charge is -2.37. The smallest absolute Gasteiger partial charge is 0.252 e. The van der Waals surface area contributed by atoms with E-state index in [-0.39, 0.29) is 47.8 Å². The quantitative estimate of drug-likeness (QED) is 0.674. The minimum absolute atomic E-state index is 0.156. The van der Waals surface area contributed by atoms with Crippen molar-refractivity contribution in [3.8, 4) is 0 Å². The van der Waals surface area contributed by atoms with Crippen molar-refractivity contribution in [1.29, 1.82) is 0 Å². The second-order valence-electron chi connectivity index (χ2n) is 7.36. The minimum Gasteiger partial charge on any atom is -0.273 e. The number of hydrogen-bond acceptors (Lipinski definition) is 3. The first kappa shape index (κ1) is 14.0. The van der Waals surface area contributed by atoms with Gasteiger partial charge in [-0.2, -0.15) is 5.01 Å². The van der Waals surface area contributed by atoms with Gasteiger partial charge in [0.2, 0.25) is 5.91 Å². The lowest BCUT2D eigenvalue weighted by Crippen LogP contribution is -2.47. The van der Waals surface area contributed by atoms with E-state index in [4.69, 9.17) is 0 Å². The summed E-state index contributed by atoms with van der Waals surface area (Å²) in [6, 6.07) is 9.31. The molecule has 1 aliphatic heterocycles. The van der Waals surface area contributed by atoms with Crippen LogP contribution in [0.5, 0.6) is 0 Å². The van der Waals surface area contributed by atoms with E-state index in [1.807, 2.05) is 30.3 Å². The van der Waals surface area contributed by atoms with Crippen LogP contribution in [0.3, 0.4) is 0 Å². The Labute approximate surface area is 139 Å². The van der Waals surface area contributed by atoms with Crippen molar-refractivity contribution in [3.63, 3.8) is 0 Å². The van der Waals surface area contributed by atoms with Gasteiger partial charge in [0.25, 0.3) is 11.8 Å². The van der Waals surface area contributed by atoms with E-state index < -0.39 is 0 Å². The van der Waals surface area contributed by atoms with Crippen LogP contribution in [0.4, 0.5) is 0 Å². The van der Waals surface area contributed by atoms with E-state index in [0.717, 1.165) is 17.0 Å². The zero-order valence-corrected chi connectivity index (χ0v) is 13.1. The number of amides is 3. The lowest BCUT2D eigenvalue weighted by atomic mass is 9.63. The van der Waals surface area contributed by atoms with Gasteiger partial charge in [-0.1, -0.05) is 42.5 Å². The number of benzene rings is 1. The van der Waals surface area contributed by atoms with Gasteiger partial charge in [0.05, 0.1) is 18.3 Å². The van der Waals surface area contributed by atoms with Crippen molar-refractivity contribution in [3.05, 3.63) is 48.0 Å². The summed E-state index contributed by atoms with van der Waals surface area (Å²) in [5.74, 6) is 0.173. The number of imide groups is 1. The highest BCUT2D eigenvalue weighted by Crippen LogP contribution is 2.65. The van der Waals surface area contributed by atoms with Gasteiger partial charge in [-0.25, -0.2) is 0 Å². The maximum absolute atomic E-state index is 12.7. The fourth-order valence-electron chi connectivity index (χ4n) is 5.01. The molecule has 0 unspecified atom stereocenters. The molecule has 0 spiro atoms. The summed E-state index contributed by atoms with van der Waals surface area (Å²) < 4.78 is 0. The molecule has 2 bridgehead atoms. The zero-order chi connectivity index (χ0) is 16.4. The number of nitrogens with one attached hydrogen (secondary N) is 1. The van der Waals surface area contributed by atoms with Crippen LogP contribution in [0.15, 0.2) is 42.5 Å². The highest BCUT2D eigenvalue weighted by molar-refractivity contribution is 6.07. The van der Waals surface area contributed by atoms with Gasteiger partial charge in [0.1, 0.15) is 0 Å². The van der Waals surface area contributed by atoms with Gasteiger partial charge in [-0.05, 0) is 35.7 Å². The molecule has 6 atom stereocenters. The molecule has 5 nitrogen and oxygen atoms in total. The highest BCUT2D eigenvalue weighted by Gasteiger charge is 2.67. The summed E-state index contributed by atoms with van der Waals surface area (Å²) in [6.45, 7) is 0. The molecule has 1 heterocycles. The van der Waals surface area contributed by atoms with Crippen LogP contribution >= 0.6 is 0 Å². The molecule has 5 heteroatoms. The topological polar surface area (TPSA) is 66.5 Å². The Morgan fingerprint density at radius 3 is 2.17 bits per heavy atom. The molecule has 4 aliphatic carbocycles. The highest BCUT2D eigenvalue weighted by atomic mass is 16.2. The molecular formula is C19H18N2O3. The third kappa shape index (κ3) is 1.84. The van der Waals surface area contributed by atoms with Crippen LogP contribution in [0.2, 0.25) is 0 Å². The Morgan fingerprint density at radius 1 is 1.00 bits per heavy atom. The van der Waals surface area contributed by atoms with Gasteiger partial charge in [-0.15, -0.1) is 0 Å². The summed E-state index contributed by atoms with van der Waals surface area (Å²) in [7, 11) is 0. The first-order valence-corrected chi connectivity index (χ1v) is 8.54. The van der Waals surface area contributed by atoms with Crippen LogP contribution in [-0.2, 0) is 20.8 Å². The number of nitrogens with zero attached hydrogens (tertiary/aromatic N) is 1. The largest absolute Gasteiger partial charge is 0.273 e. The molecule has 1 N–H and O–H groups in total. The molecule has 0 radical (unpaired) electrons. The Bertz CT molecular complexity index is 736. The van der Waals surface area contributed by atoms with Crippen molar-refractivity contribution in [2.24, 2.45) is 35.5 Å². The normalized spacial score (nSPS) is 38.1. The van der Waals surface area contributed by atoms with Crippen molar-refractivity contribution >= 4 is 17.7 Å². The number of rotatable bonds is 3. The molecule has 2 saturated carbocycles. The SMILES string of the molecule is O=C(Cc1ccccc1)NN1C(=O)[C@@H]2[C@@H]3C=C[C@H]([C@H]4C[C@@H]34)[C@@H]2C1=O. The second kappa shape index (κ2) is 4.79. The number of carbonyl (C=O) groups excluding carboxylic acids is 3. The van der Waals surface area contributed by atoms with Gasteiger partial charge in [0.15, 0.2) is 0 Å². The van der Waals surface area contributed by atoms with Crippen molar-refractivity contribution in [2.75, 3.05) is 0 Å². The Morgan fingerprint density at radius 2 is 1.58 bits per heavy atom. The van der Waals surface area contributed by atoms with Crippen LogP contribution in [0.1, 0.15) is 12.0 Å². The second-order valence-corrected chi connectivity index (χ2v) is 7.36. The molecule has 122 valence electrons. The van der Waals surface area contributed by atoms with E-state index in [0.29, 0.717) is 11.8 Å². The third-order valence-corrected chi connectivity index (χ3v) is 6.11. The third-order valence-electron chi connectivity index (χ3n) is 6.11. The Kier molecular flexibility index (Phi) is 2.78. The van der Waals surface area contributed by atoms with Gasteiger partial charge in [0, 0.05) is 0 Å². The molecule has 1 aromatic carbocycles. The monoisotopic (exact) mass is 322 g/mol. The Balaban J connectivity index is 1.34. The van der Waals surface area contributed by atoms with E-state index in [1.54, 1.807) is 0 Å². The molecule has 1 aromatic rings. The maximum atomic E-state index is 12.7. The molecule has 0 aromatic heterocycles. The van der Waals surface area contributed by atoms with Crippen molar-refractivity contribution in [2.45, 2.75) is 12.8 Å². The van der Waals surface area contributed by atoms with Gasteiger partial charge < -0.3 is 0 Å². The van der Waals surface area contributed by atoms with Crippen LogP contribution < -0.4 is 5.43 Å². The predicted molar refractivity (Wildman–Crippen MR) is 84.8 cm³/mol. The standard InChI is InChI=1S/C19H18N2O3/c22-15(8-10-4-2-1-3-5-10)20-21-18(23)16-11-6-7-12(14-9-13(11)14)17(16)19(21)24/h1-7,11-14,16-17H,8-9H2,(H,20,22)/t11-,12-,13-,14+,16+,17-/m1/s1. The van der Waals surface area contributed by atoms with Gasteiger partial charge in [-0.3, -0.25) is 19.8 Å². The van der Waals surface area contributed by atoms with E-state index >= 15 is 0 Å². The van der Waals surface area contributed by atoms with Crippen LogP contribution in [0, 0.1) is 35.5 Å². The average molecular weight is 322 g/mol. The van der Waals surface area contributed by atoms with Crippen molar-refractivity contribution < 1.29 is 14.4 Å². The first-order chi connectivity index (χ1) is 11.6. The molecule has 1 saturated heterocycles. The number of carbonyl (C=O) groups is 3. The molecule has 24 heavy (non-hydrogen) atoms. The summed E-state index contributed by atoms with van der Waals surface area (Å²) in [6.07, 6.45) is 5.54. The fraction of sp³-hybridized carbons (Fsp3) is 0.421. The molecule has 3 amide bonds. The zero-order valence-electron chi connectivity index (χ0n) is 13.1. The summed E-state index contributed by atoms with van der Waals surface area (Å²) in [5, 5.41) is 0.998. The molecule has 6 rings (SSSR count). The number of hydrazine groups is 1. The van der Waals surface area contributed by atoms with Crippen LogP contribution in [-0.4, -0.2) is 22.7 Å². The van der Waals surface area contributed by atoms with E-state index in [9.17, 15) is 14.4 Å². The number of allylic oxidation sites excluding steroid dienone is 2. The molecule has 3 fully saturated rings. The summed E-state index contributed by atoms with van der Waals surface area (Å²) in [4.78, 5) is 37.7. The summed E-state index contributed by atoms with van der Waals surface area (Å²) in [5.41, 5.74) is 3.41. The lowest BCUT2D eigenvalue weighted by molar-refractivity contribution is -0.149. The van der Waals surface area contributed by atoms with Crippen molar-refractivity contribution in [1.82, 2.24) is 10.4 Å². The summed E-state index contributed by atoms with van der Waals surface area (Å²) >= 11 is 0. The Hall–Kier alpha value is -2.43. The maximum Gasteiger partial charge on any atom is 0.252 e. The first-order valence-electron chi connectivity index (χ1n) is 8.54. The minimum atomic E-state index is -0.327. The van der Waals surface area contributed by atoms with Crippen LogP contribution in [0.25, 0.3) is 0 Å². The average Bonchev–Trinajstić information content (AvgIpc) is 3.37. The number of hydrogen-bond donors (Lipinski definition) is 1. The van der Waals surface area contributed by atoms with E-state index in [2.05, 4.69) is 17.6 Å². The fourth-order valence-corrected chi connectivity index (χ4v) is 5.01. The molecule has 5 aliphatic rings. The van der Waals surface area contributed by atoms with Gasteiger partial charge >= 0.3 is 0 Å².